The van der Waals surface area contributed by atoms with Gasteiger partial charge in [0.25, 0.3) is 5.91 Å². The van der Waals surface area contributed by atoms with Crippen LogP contribution in [0.15, 0.2) is 48.5 Å². The Balaban J connectivity index is 1.91. The van der Waals surface area contributed by atoms with Gasteiger partial charge in [-0.1, -0.05) is 69.2 Å². The summed E-state index contributed by atoms with van der Waals surface area (Å²) in [4.78, 5) is 27.0. The molecule has 0 aliphatic carbocycles. The van der Waals surface area contributed by atoms with Crippen LogP contribution >= 0.6 is 0 Å². The number of amides is 1. The number of para-hydroxylation sites is 1. The number of hydrogen-bond donors (Lipinski definition) is 1. The Labute approximate surface area is 159 Å². The molecular weight excluding hydrogens is 338 g/mol. The van der Waals surface area contributed by atoms with Crippen LogP contribution in [0.2, 0.25) is 0 Å². The predicted molar refractivity (Wildman–Crippen MR) is 106 cm³/mol. The molecular formula is C23H23NO3. The molecule has 1 unspecified atom stereocenters. The molecule has 4 nitrogen and oxygen atoms in total. The summed E-state index contributed by atoms with van der Waals surface area (Å²) in [5.41, 5.74) is 0.643. The third-order valence-corrected chi connectivity index (χ3v) is 4.98. The third kappa shape index (κ3) is 3.27. The molecule has 0 saturated heterocycles. The lowest BCUT2D eigenvalue weighted by Gasteiger charge is -2.22. The van der Waals surface area contributed by atoms with Crippen molar-refractivity contribution in [2.75, 3.05) is 11.4 Å². The van der Waals surface area contributed by atoms with Crippen LogP contribution in [0.3, 0.4) is 0 Å². The van der Waals surface area contributed by atoms with Crippen LogP contribution in [-0.2, 0) is 15.8 Å². The van der Waals surface area contributed by atoms with Crippen molar-refractivity contribution in [3.63, 3.8) is 0 Å². The minimum absolute atomic E-state index is 0.0180. The Bertz CT molecular complexity index is 931. The Morgan fingerprint density at radius 3 is 2.37 bits per heavy atom. The number of rotatable bonds is 4. The lowest BCUT2D eigenvalue weighted by molar-refractivity contribution is -0.135. The van der Waals surface area contributed by atoms with E-state index in [1.165, 1.54) is 4.90 Å². The maximum Gasteiger partial charge on any atom is 0.265 e. The van der Waals surface area contributed by atoms with E-state index in [-0.39, 0.29) is 24.2 Å². The van der Waals surface area contributed by atoms with E-state index in [1.54, 1.807) is 36.4 Å². The number of nitrogens with zero attached hydrogens (tertiary/aromatic N) is 1. The number of aliphatic hydroxyl groups is 1. The Kier molecular flexibility index (Phi) is 4.67. The van der Waals surface area contributed by atoms with Gasteiger partial charge in [-0.25, -0.2) is 0 Å². The molecule has 2 aromatic carbocycles. The SMILES string of the molecule is C#CCN1C(=O)C(O)(CC(=O)c2ccc(C(C)(C)C)cc2)c2ccccc21. The van der Waals surface area contributed by atoms with Gasteiger partial charge in [-0.05, 0) is 17.0 Å². The second-order valence-electron chi connectivity index (χ2n) is 7.90. The molecule has 138 valence electrons. The minimum Gasteiger partial charge on any atom is -0.375 e. The zero-order chi connectivity index (χ0) is 19.8. The summed E-state index contributed by atoms with van der Waals surface area (Å²) in [5, 5.41) is 11.1. The molecule has 3 rings (SSSR count). The maximum atomic E-state index is 12.9. The summed E-state index contributed by atoms with van der Waals surface area (Å²) in [6.45, 7) is 6.34. The highest BCUT2D eigenvalue weighted by molar-refractivity contribution is 6.11. The molecule has 0 bridgehead atoms. The fraction of sp³-hybridized carbons (Fsp3) is 0.304. The molecule has 27 heavy (non-hydrogen) atoms. The standard InChI is InChI=1S/C23H23NO3/c1-5-14-24-19-9-7-6-8-18(19)23(27,21(24)26)15-20(25)16-10-12-17(13-11-16)22(2,3)4/h1,6-13,27H,14-15H2,2-4H3. The summed E-state index contributed by atoms with van der Waals surface area (Å²) in [6.07, 6.45) is 5.04. The number of carbonyl (C=O) groups is 2. The number of ketones is 1. The first-order chi connectivity index (χ1) is 12.7. The fourth-order valence-corrected chi connectivity index (χ4v) is 3.42. The van der Waals surface area contributed by atoms with Crippen LogP contribution in [0.25, 0.3) is 0 Å². The zero-order valence-corrected chi connectivity index (χ0v) is 15.8. The van der Waals surface area contributed by atoms with E-state index in [0.717, 1.165) is 5.56 Å². The first-order valence-corrected chi connectivity index (χ1v) is 8.89. The summed E-state index contributed by atoms with van der Waals surface area (Å²) >= 11 is 0. The van der Waals surface area contributed by atoms with Gasteiger partial charge in [-0.15, -0.1) is 6.42 Å². The number of carbonyl (C=O) groups excluding carboxylic acids is 2. The van der Waals surface area contributed by atoms with Crippen molar-refractivity contribution in [3.05, 3.63) is 65.2 Å². The van der Waals surface area contributed by atoms with Gasteiger partial charge in [0, 0.05) is 11.1 Å². The lowest BCUT2D eigenvalue weighted by Crippen LogP contribution is -2.42. The molecule has 1 N–H and O–H groups in total. The van der Waals surface area contributed by atoms with Crippen molar-refractivity contribution >= 4 is 17.4 Å². The van der Waals surface area contributed by atoms with Gasteiger partial charge < -0.3 is 5.11 Å². The largest absolute Gasteiger partial charge is 0.375 e. The van der Waals surface area contributed by atoms with E-state index in [0.29, 0.717) is 16.8 Å². The van der Waals surface area contributed by atoms with Crippen molar-refractivity contribution < 1.29 is 14.7 Å². The van der Waals surface area contributed by atoms with Crippen LogP contribution in [0.5, 0.6) is 0 Å². The number of fused-ring (bicyclic) bond motifs is 1. The molecule has 1 amide bonds. The topological polar surface area (TPSA) is 57.6 Å². The third-order valence-electron chi connectivity index (χ3n) is 4.98. The number of hydrogen-bond acceptors (Lipinski definition) is 3. The van der Waals surface area contributed by atoms with Crippen molar-refractivity contribution in [2.45, 2.75) is 38.2 Å². The summed E-state index contributed by atoms with van der Waals surface area (Å²) in [7, 11) is 0. The molecule has 1 heterocycles. The quantitative estimate of drug-likeness (QED) is 0.670. The first kappa shape index (κ1) is 18.9. The van der Waals surface area contributed by atoms with E-state index >= 15 is 0 Å². The number of benzene rings is 2. The average Bonchev–Trinajstić information content (AvgIpc) is 2.84. The second-order valence-corrected chi connectivity index (χ2v) is 7.90. The van der Waals surface area contributed by atoms with Gasteiger partial charge in [0.15, 0.2) is 11.4 Å². The molecule has 1 aliphatic heterocycles. The summed E-state index contributed by atoms with van der Waals surface area (Å²) in [6, 6.07) is 14.2. The molecule has 0 spiro atoms. The van der Waals surface area contributed by atoms with E-state index in [9.17, 15) is 14.7 Å². The van der Waals surface area contributed by atoms with Gasteiger partial charge in [-0.2, -0.15) is 0 Å². The molecule has 2 aromatic rings. The second kappa shape index (κ2) is 6.68. The molecule has 1 atom stereocenters. The zero-order valence-electron chi connectivity index (χ0n) is 15.8. The van der Waals surface area contributed by atoms with Gasteiger partial charge in [0.05, 0.1) is 18.7 Å². The monoisotopic (exact) mass is 361 g/mol. The van der Waals surface area contributed by atoms with Crippen molar-refractivity contribution in [1.82, 2.24) is 0 Å². The van der Waals surface area contributed by atoms with Gasteiger partial charge in [-0.3, -0.25) is 14.5 Å². The average molecular weight is 361 g/mol. The normalized spacial score (nSPS) is 18.9. The minimum atomic E-state index is -1.90. The molecule has 0 aromatic heterocycles. The van der Waals surface area contributed by atoms with Crippen LogP contribution in [-0.4, -0.2) is 23.3 Å². The maximum absolute atomic E-state index is 12.9. The highest BCUT2D eigenvalue weighted by Gasteiger charge is 2.50. The van der Waals surface area contributed by atoms with Crippen LogP contribution in [0.4, 0.5) is 5.69 Å². The molecule has 1 aliphatic rings. The van der Waals surface area contributed by atoms with E-state index in [2.05, 4.69) is 26.7 Å². The van der Waals surface area contributed by atoms with E-state index in [1.807, 2.05) is 12.1 Å². The highest BCUT2D eigenvalue weighted by atomic mass is 16.3. The molecule has 0 saturated carbocycles. The van der Waals surface area contributed by atoms with E-state index in [4.69, 9.17) is 6.42 Å². The Morgan fingerprint density at radius 2 is 1.78 bits per heavy atom. The fourth-order valence-electron chi connectivity index (χ4n) is 3.42. The van der Waals surface area contributed by atoms with Crippen LogP contribution in [0.1, 0.15) is 48.7 Å². The lowest BCUT2D eigenvalue weighted by atomic mass is 9.85. The highest BCUT2D eigenvalue weighted by Crippen LogP contribution is 2.42. The summed E-state index contributed by atoms with van der Waals surface area (Å²) < 4.78 is 0. The first-order valence-electron chi connectivity index (χ1n) is 8.89. The molecule has 4 heteroatoms. The molecule has 0 fully saturated rings. The van der Waals surface area contributed by atoms with E-state index < -0.39 is 11.5 Å². The van der Waals surface area contributed by atoms with Crippen LogP contribution < -0.4 is 4.90 Å². The van der Waals surface area contributed by atoms with Gasteiger partial charge >= 0.3 is 0 Å². The van der Waals surface area contributed by atoms with Crippen molar-refractivity contribution in [3.8, 4) is 12.3 Å². The summed E-state index contributed by atoms with van der Waals surface area (Å²) in [5.74, 6) is 1.59. The van der Waals surface area contributed by atoms with Crippen molar-refractivity contribution in [2.24, 2.45) is 0 Å². The predicted octanol–water partition coefficient (Wildman–Crippen LogP) is 3.42. The smallest absolute Gasteiger partial charge is 0.265 e. The Morgan fingerprint density at radius 1 is 1.15 bits per heavy atom. The van der Waals surface area contributed by atoms with Gasteiger partial charge in [0.2, 0.25) is 0 Å². The molecule has 0 radical (unpaired) electrons. The van der Waals surface area contributed by atoms with Crippen molar-refractivity contribution in [1.29, 1.82) is 0 Å². The number of Topliss-reactive ketones (excluding diaryl/α,β-unsaturated/α-hetero) is 1. The van der Waals surface area contributed by atoms with Gasteiger partial charge in [0.1, 0.15) is 0 Å². The Hall–Kier alpha value is -2.90. The number of terminal acetylenes is 1. The number of anilines is 1. The van der Waals surface area contributed by atoms with Crippen LogP contribution in [0, 0.1) is 12.3 Å².